The first-order chi connectivity index (χ1) is 9.70. The fraction of sp³-hybridized carbons (Fsp3) is 0.250. The number of methoxy groups -OCH3 is 1. The summed E-state index contributed by atoms with van der Waals surface area (Å²) in [7, 11) is 1.63. The van der Waals surface area contributed by atoms with E-state index in [1.807, 2.05) is 42.5 Å². The van der Waals surface area contributed by atoms with Crippen molar-refractivity contribution in [3.63, 3.8) is 0 Å². The van der Waals surface area contributed by atoms with E-state index in [4.69, 9.17) is 26.8 Å². The minimum absolute atomic E-state index is 0.0640. The number of ether oxygens (including phenoxy) is 2. The van der Waals surface area contributed by atoms with E-state index in [0.29, 0.717) is 11.4 Å². The standard InChI is InChI=1S/C16H16ClNO2/c1-19-14-8-4-6-11(17)16(14)15-9-12(18)10-5-2-3-7-13(10)20-15/h2-8,12,15H,9,18H2,1H3/t12-,15?/m0/s1. The van der Waals surface area contributed by atoms with Crippen LogP contribution in [0.25, 0.3) is 0 Å². The highest BCUT2D eigenvalue weighted by Crippen LogP contribution is 2.44. The van der Waals surface area contributed by atoms with Gasteiger partial charge in [-0.25, -0.2) is 0 Å². The van der Waals surface area contributed by atoms with Crippen LogP contribution in [0, 0.1) is 0 Å². The second-order valence-corrected chi connectivity index (χ2v) is 5.25. The van der Waals surface area contributed by atoms with E-state index in [1.54, 1.807) is 7.11 Å². The maximum Gasteiger partial charge on any atom is 0.131 e. The largest absolute Gasteiger partial charge is 0.496 e. The van der Waals surface area contributed by atoms with Crippen LogP contribution < -0.4 is 15.2 Å². The molecule has 0 amide bonds. The lowest BCUT2D eigenvalue weighted by molar-refractivity contribution is 0.158. The molecule has 0 bridgehead atoms. The highest BCUT2D eigenvalue weighted by atomic mass is 35.5. The fourth-order valence-corrected chi connectivity index (χ4v) is 2.93. The van der Waals surface area contributed by atoms with E-state index in [9.17, 15) is 0 Å². The molecule has 1 aliphatic heterocycles. The number of hydrogen-bond donors (Lipinski definition) is 1. The highest BCUT2D eigenvalue weighted by molar-refractivity contribution is 6.31. The normalized spacial score (nSPS) is 20.9. The van der Waals surface area contributed by atoms with E-state index < -0.39 is 0 Å². The number of nitrogens with two attached hydrogens (primary N) is 1. The van der Waals surface area contributed by atoms with Gasteiger partial charge in [0, 0.05) is 18.0 Å². The van der Waals surface area contributed by atoms with Gasteiger partial charge in [0.1, 0.15) is 17.6 Å². The molecule has 0 saturated heterocycles. The Morgan fingerprint density at radius 2 is 2.00 bits per heavy atom. The molecule has 0 radical (unpaired) electrons. The molecule has 1 unspecified atom stereocenters. The number of benzene rings is 2. The third-order valence-corrected chi connectivity index (χ3v) is 3.94. The van der Waals surface area contributed by atoms with Gasteiger partial charge in [0.15, 0.2) is 0 Å². The molecule has 0 saturated carbocycles. The number of rotatable bonds is 2. The van der Waals surface area contributed by atoms with Crippen LogP contribution in [0.1, 0.15) is 29.7 Å². The van der Waals surface area contributed by atoms with Crippen molar-refractivity contribution in [3.05, 3.63) is 58.6 Å². The highest BCUT2D eigenvalue weighted by Gasteiger charge is 2.30. The van der Waals surface area contributed by atoms with Crippen LogP contribution in [0.4, 0.5) is 0 Å². The van der Waals surface area contributed by atoms with Gasteiger partial charge in [0.25, 0.3) is 0 Å². The molecule has 2 N–H and O–H groups in total. The number of para-hydroxylation sites is 1. The van der Waals surface area contributed by atoms with Crippen molar-refractivity contribution < 1.29 is 9.47 Å². The molecule has 2 aromatic rings. The molecule has 4 heteroatoms. The Morgan fingerprint density at radius 3 is 2.80 bits per heavy atom. The van der Waals surface area contributed by atoms with Crippen LogP contribution in [-0.2, 0) is 0 Å². The summed E-state index contributed by atoms with van der Waals surface area (Å²) in [5, 5.41) is 0.640. The Balaban J connectivity index is 2.02. The number of fused-ring (bicyclic) bond motifs is 1. The first-order valence-corrected chi connectivity index (χ1v) is 6.92. The molecule has 0 aliphatic carbocycles. The molecule has 0 aromatic heterocycles. The summed E-state index contributed by atoms with van der Waals surface area (Å²) in [5.74, 6) is 1.55. The molecule has 1 aliphatic rings. The fourth-order valence-electron chi connectivity index (χ4n) is 2.64. The third kappa shape index (κ3) is 2.23. The molecule has 2 atom stereocenters. The second kappa shape index (κ2) is 5.35. The molecular formula is C16H16ClNO2. The zero-order valence-corrected chi connectivity index (χ0v) is 11.9. The Kier molecular flexibility index (Phi) is 3.55. The van der Waals surface area contributed by atoms with Crippen molar-refractivity contribution >= 4 is 11.6 Å². The predicted molar refractivity (Wildman–Crippen MR) is 79.4 cm³/mol. The van der Waals surface area contributed by atoms with Crippen LogP contribution in [-0.4, -0.2) is 7.11 Å². The van der Waals surface area contributed by atoms with E-state index in [2.05, 4.69) is 0 Å². The van der Waals surface area contributed by atoms with E-state index in [-0.39, 0.29) is 12.1 Å². The summed E-state index contributed by atoms with van der Waals surface area (Å²) < 4.78 is 11.5. The predicted octanol–water partition coefficient (Wildman–Crippen LogP) is 3.87. The van der Waals surface area contributed by atoms with Gasteiger partial charge >= 0.3 is 0 Å². The van der Waals surface area contributed by atoms with Gasteiger partial charge in [0.05, 0.1) is 17.7 Å². The molecule has 1 heterocycles. The zero-order valence-electron chi connectivity index (χ0n) is 11.2. The Morgan fingerprint density at radius 1 is 1.20 bits per heavy atom. The molecule has 104 valence electrons. The quantitative estimate of drug-likeness (QED) is 0.913. The first kappa shape index (κ1) is 13.3. The van der Waals surface area contributed by atoms with Gasteiger partial charge in [-0.05, 0) is 18.2 Å². The van der Waals surface area contributed by atoms with Crippen molar-refractivity contribution in [3.8, 4) is 11.5 Å². The van der Waals surface area contributed by atoms with Crippen molar-refractivity contribution in [2.24, 2.45) is 5.73 Å². The van der Waals surface area contributed by atoms with Crippen LogP contribution >= 0.6 is 11.6 Å². The monoisotopic (exact) mass is 289 g/mol. The smallest absolute Gasteiger partial charge is 0.131 e. The Hall–Kier alpha value is -1.71. The molecule has 20 heavy (non-hydrogen) atoms. The zero-order chi connectivity index (χ0) is 14.1. The summed E-state index contributed by atoms with van der Waals surface area (Å²) in [6.45, 7) is 0. The van der Waals surface area contributed by atoms with Gasteiger partial charge in [0.2, 0.25) is 0 Å². The maximum atomic E-state index is 6.32. The topological polar surface area (TPSA) is 44.5 Å². The van der Waals surface area contributed by atoms with Crippen molar-refractivity contribution in [2.75, 3.05) is 7.11 Å². The minimum Gasteiger partial charge on any atom is -0.496 e. The second-order valence-electron chi connectivity index (χ2n) is 4.84. The van der Waals surface area contributed by atoms with Crippen molar-refractivity contribution in [2.45, 2.75) is 18.6 Å². The average Bonchev–Trinajstić information content (AvgIpc) is 2.46. The van der Waals surface area contributed by atoms with E-state index in [0.717, 1.165) is 22.6 Å². The summed E-state index contributed by atoms with van der Waals surface area (Å²) >= 11 is 6.32. The molecule has 0 spiro atoms. The van der Waals surface area contributed by atoms with Crippen LogP contribution in [0.2, 0.25) is 5.02 Å². The maximum absolute atomic E-state index is 6.32. The number of halogens is 1. The lowest BCUT2D eigenvalue weighted by Crippen LogP contribution is -2.24. The van der Waals surface area contributed by atoms with Crippen LogP contribution in [0.3, 0.4) is 0 Å². The van der Waals surface area contributed by atoms with Gasteiger partial charge in [-0.3, -0.25) is 0 Å². The van der Waals surface area contributed by atoms with Crippen LogP contribution in [0.5, 0.6) is 11.5 Å². The molecule has 0 fully saturated rings. The molecular weight excluding hydrogens is 274 g/mol. The Labute approximate surface area is 123 Å². The average molecular weight is 290 g/mol. The van der Waals surface area contributed by atoms with Crippen molar-refractivity contribution in [1.29, 1.82) is 0 Å². The van der Waals surface area contributed by atoms with E-state index >= 15 is 0 Å². The lowest BCUT2D eigenvalue weighted by atomic mass is 9.93. The Bertz CT molecular complexity index is 630. The van der Waals surface area contributed by atoms with Gasteiger partial charge in [-0.2, -0.15) is 0 Å². The van der Waals surface area contributed by atoms with Gasteiger partial charge < -0.3 is 15.2 Å². The summed E-state index contributed by atoms with van der Waals surface area (Å²) in [6, 6.07) is 13.4. The lowest BCUT2D eigenvalue weighted by Gasteiger charge is -2.31. The molecule has 3 rings (SSSR count). The number of hydrogen-bond acceptors (Lipinski definition) is 3. The van der Waals surface area contributed by atoms with Crippen LogP contribution in [0.15, 0.2) is 42.5 Å². The molecule has 3 nitrogen and oxygen atoms in total. The summed E-state index contributed by atoms with van der Waals surface area (Å²) in [4.78, 5) is 0. The summed E-state index contributed by atoms with van der Waals surface area (Å²) in [6.07, 6.45) is 0.487. The van der Waals surface area contributed by atoms with Gasteiger partial charge in [-0.15, -0.1) is 0 Å². The van der Waals surface area contributed by atoms with Crippen molar-refractivity contribution in [1.82, 2.24) is 0 Å². The first-order valence-electron chi connectivity index (χ1n) is 6.54. The van der Waals surface area contributed by atoms with E-state index in [1.165, 1.54) is 0 Å². The minimum atomic E-state index is -0.191. The third-order valence-electron chi connectivity index (χ3n) is 3.61. The SMILES string of the molecule is COc1cccc(Cl)c1C1C[C@H](N)c2ccccc2O1. The summed E-state index contributed by atoms with van der Waals surface area (Å²) in [5.41, 5.74) is 8.15. The van der Waals surface area contributed by atoms with Gasteiger partial charge in [-0.1, -0.05) is 35.9 Å². The molecule has 2 aromatic carbocycles.